The van der Waals surface area contributed by atoms with Gasteiger partial charge in [-0.15, -0.1) is 0 Å². The third-order valence-electron chi connectivity index (χ3n) is 3.49. The number of rotatable bonds is 4. The third-order valence-corrected chi connectivity index (χ3v) is 3.49. The van der Waals surface area contributed by atoms with Gasteiger partial charge >= 0.3 is 0 Å². The lowest BCUT2D eigenvalue weighted by atomic mass is 10.1. The van der Waals surface area contributed by atoms with Crippen molar-refractivity contribution in [2.24, 2.45) is 5.73 Å². The Kier molecular flexibility index (Phi) is 7.32. The molecule has 2 N–H and O–H groups in total. The number of carbonyl (C=O) groups is 2. The van der Waals surface area contributed by atoms with E-state index in [1.54, 1.807) is 11.8 Å². The Morgan fingerprint density at radius 2 is 2.09 bits per heavy atom. The molecule has 126 valence electrons. The highest BCUT2D eigenvalue weighted by molar-refractivity contribution is 6.34. The highest BCUT2D eigenvalue weighted by Gasteiger charge is 2.25. The van der Waals surface area contributed by atoms with Gasteiger partial charge in [0.1, 0.15) is 11.4 Å². The van der Waals surface area contributed by atoms with Crippen molar-refractivity contribution in [3.63, 3.8) is 0 Å². The molecule has 0 atom stereocenters. The summed E-state index contributed by atoms with van der Waals surface area (Å²) >= 11 is 0. The minimum atomic E-state index is -0.607. The number of ketones is 1. The Balaban J connectivity index is 0.00000127. The second-order valence-corrected chi connectivity index (χ2v) is 5.02. The summed E-state index contributed by atoms with van der Waals surface area (Å²) in [4.78, 5) is 24.7. The molecule has 0 aromatic heterocycles. The first-order valence-electron chi connectivity index (χ1n) is 8.07. The lowest BCUT2D eigenvalue weighted by Gasteiger charge is -2.26. The Morgan fingerprint density at radius 1 is 1.39 bits per heavy atom. The number of nitrogens with zero attached hydrogens (tertiary/aromatic N) is 1. The van der Waals surface area contributed by atoms with Crippen LogP contribution >= 0.6 is 0 Å². The Hall–Kier alpha value is -2.30. The highest BCUT2D eigenvalue weighted by atomic mass is 16.5. The van der Waals surface area contributed by atoms with Gasteiger partial charge in [0.25, 0.3) is 0 Å². The number of aldehydes is 1. The van der Waals surface area contributed by atoms with Crippen LogP contribution in [0.2, 0.25) is 0 Å². The molecule has 1 aromatic carbocycles. The first-order valence-corrected chi connectivity index (χ1v) is 8.07. The second-order valence-electron chi connectivity index (χ2n) is 5.02. The van der Waals surface area contributed by atoms with Crippen LogP contribution in [0.3, 0.4) is 0 Å². The monoisotopic (exact) mass is 318 g/mol. The standard InChI is InChI=1S/C16H20N2O3.C2H6/c1-3-12-5-6-15-13(9-12)18(7-4-8-21-15)16(11(2)17)14(20)10-19;1-2/h5-6,9-10H,3-4,7-8,17H2,1-2H3;1-2H3/b16-11-;. The fourth-order valence-corrected chi connectivity index (χ4v) is 2.47. The lowest BCUT2D eigenvalue weighted by Crippen LogP contribution is -2.31. The van der Waals surface area contributed by atoms with Crippen molar-refractivity contribution in [3.05, 3.63) is 35.2 Å². The van der Waals surface area contributed by atoms with Crippen LogP contribution in [0.15, 0.2) is 29.6 Å². The molecule has 0 bridgehead atoms. The molecule has 0 saturated carbocycles. The van der Waals surface area contributed by atoms with Crippen molar-refractivity contribution in [3.8, 4) is 5.75 Å². The molecule has 0 unspecified atom stereocenters. The number of aryl methyl sites for hydroxylation is 1. The van der Waals surface area contributed by atoms with Crippen molar-refractivity contribution in [2.45, 2.75) is 40.5 Å². The SMILES string of the molecule is CC.CCc1ccc2c(c1)N(/C(C(=O)C=O)=C(/C)N)CCCO2. The number of nitrogens with two attached hydrogens (primary N) is 1. The van der Waals surface area contributed by atoms with Crippen LogP contribution in [-0.4, -0.2) is 25.2 Å². The van der Waals surface area contributed by atoms with E-state index in [9.17, 15) is 9.59 Å². The highest BCUT2D eigenvalue weighted by Crippen LogP contribution is 2.35. The normalized spacial score (nSPS) is 14.3. The zero-order chi connectivity index (χ0) is 17.4. The van der Waals surface area contributed by atoms with E-state index in [0.717, 1.165) is 24.1 Å². The molecule has 1 aliphatic heterocycles. The van der Waals surface area contributed by atoms with Crippen LogP contribution in [0.5, 0.6) is 5.75 Å². The van der Waals surface area contributed by atoms with Gasteiger partial charge in [-0.1, -0.05) is 26.8 Å². The second kappa shape index (κ2) is 8.98. The number of ether oxygens (including phenoxy) is 1. The van der Waals surface area contributed by atoms with E-state index in [2.05, 4.69) is 6.92 Å². The lowest BCUT2D eigenvalue weighted by molar-refractivity contribution is -0.127. The molecule has 0 radical (unpaired) electrons. The van der Waals surface area contributed by atoms with Crippen molar-refractivity contribution in [2.75, 3.05) is 18.1 Å². The summed E-state index contributed by atoms with van der Waals surface area (Å²) in [5.74, 6) is 0.104. The first-order chi connectivity index (χ1) is 11.1. The molecule has 2 rings (SSSR count). The molecule has 0 spiro atoms. The van der Waals surface area contributed by atoms with Crippen LogP contribution in [0, 0.1) is 0 Å². The zero-order valence-electron chi connectivity index (χ0n) is 14.4. The largest absolute Gasteiger partial charge is 0.491 e. The maximum Gasteiger partial charge on any atom is 0.243 e. The van der Waals surface area contributed by atoms with Gasteiger partial charge < -0.3 is 15.4 Å². The summed E-state index contributed by atoms with van der Waals surface area (Å²) in [5.41, 5.74) is 8.35. The van der Waals surface area contributed by atoms with Crippen LogP contribution in [0.4, 0.5) is 5.69 Å². The molecule has 1 aromatic rings. The maximum absolute atomic E-state index is 11.9. The number of hydrogen-bond donors (Lipinski definition) is 1. The van der Waals surface area contributed by atoms with Gasteiger partial charge in [-0.05, 0) is 37.5 Å². The summed E-state index contributed by atoms with van der Waals surface area (Å²) in [5, 5.41) is 0. The predicted octanol–water partition coefficient (Wildman–Crippen LogP) is 2.82. The van der Waals surface area contributed by atoms with Gasteiger partial charge in [0.05, 0.1) is 12.3 Å². The van der Waals surface area contributed by atoms with Crippen LogP contribution in [0.1, 0.15) is 39.7 Å². The topological polar surface area (TPSA) is 72.6 Å². The Bertz CT molecular complexity index is 590. The minimum absolute atomic E-state index is 0.241. The number of Topliss-reactive ketones (excluding diaryl/α,β-unsaturated/α-hetero) is 1. The number of hydrogen-bond acceptors (Lipinski definition) is 5. The number of fused-ring (bicyclic) bond motifs is 1. The Labute approximate surface area is 138 Å². The minimum Gasteiger partial charge on any atom is -0.491 e. The summed E-state index contributed by atoms with van der Waals surface area (Å²) in [6.07, 6.45) is 1.93. The molecule has 0 saturated heterocycles. The van der Waals surface area contributed by atoms with Crippen molar-refractivity contribution >= 4 is 17.8 Å². The van der Waals surface area contributed by atoms with Gasteiger partial charge in [-0.2, -0.15) is 0 Å². The molecule has 0 aliphatic carbocycles. The molecule has 5 nitrogen and oxygen atoms in total. The maximum atomic E-state index is 11.9. The van der Waals surface area contributed by atoms with E-state index in [0.29, 0.717) is 30.9 Å². The first kappa shape index (κ1) is 18.7. The predicted molar refractivity (Wildman–Crippen MR) is 92.6 cm³/mol. The molecule has 5 heteroatoms. The third kappa shape index (κ3) is 4.34. The van der Waals surface area contributed by atoms with Crippen LogP contribution < -0.4 is 15.4 Å². The van der Waals surface area contributed by atoms with Gasteiger partial charge in [0, 0.05) is 12.2 Å². The van der Waals surface area contributed by atoms with E-state index in [1.165, 1.54) is 0 Å². The van der Waals surface area contributed by atoms with E-state index in [4.69, 9.17) is 10.5 Å². The van der Waals surface area contributed by atoms with Gasteiger partial charge in [0.15, 0.2) is 6.29 Å². The number of benzene rings is 1. The zero-order valence-corrected chi connectivity index (χ0v) is 14.4. The number of allylic oxidation sites excluding steroid dienone is 2. The summed E-state index contributed by atoms with van der Waals surface area (Å²) < 4.78 is 5.72. The van der Waals surface area contributed by atoms with E-state index in [-0.39, 0.29) is 5.70 Å². The molecular weight excluding hydrogens is 292 g/mol. The van der Waals surface area contributed by atoms with Gasteiger partial charge in [-0.25, -0.2) is 0 Å². The quantitative estimate of drug-likeness (QED) is 0.525. The van der Waals surface area contributed by atoms with Crippen LogP contribution in [-0.2, 0) is 16.0 Å². The average molecular weight is 318 g/mol. The van der Waals surface area contributed by atoms with Crippen molar-refractivity contribution in [1.29, 1.82) is 0 Å². The molecular formula is C18H26N2O3. The molecule has 23 heavy (non-hydrogen) atoms. The molecule has 1 aliphatic rings. The fraction of sp³-hybridized carbons (Fsp3) is 0.444. The summed E-state index contributed by atoms with van der Waals surface area (Å²) in [6, 6.07) is 5.89. The molecule has 0 fully saturated rings. The number of carbonyl (C=O) groups excluding carboxylic acids is 2. The smallest absolute Gasteiger partial charge is 0.243 e. The van der Waals surface area contributed by atoms with E-state index >= 15 is 0 Å². The van der Waals surface area contributed by atoms with Crippen molar-refractivity contribution in [1.82, 2.24) is 0 Å². The molecule has 0 amide bonds. The summed E-state index contributed by atoms with van der Waals surface area (Å²) in [7, 11) is 0. The van der Waals surface area contributed by atoms with Crippen LogP contribution in [0.25, 0.3) is 0 Å². The van der Waals surface area contributed by atoms with Crippen molar-refractivity contribution < 1.29 is 14.3 Å². The van der Waals surface area contributed by atoms with E-state index in [1.807, 2.05) is 32.0 Å². The van der Waals surface area contributed by atoms with Gasteiger partial charge in [-0.3, -0.25) is 9.59 Å². The van der Waals surface area contributed by atoms with Gasteiger partial charge in [0.2, 0.25) is 5.78 Å². The molecule has 1 heterocycles. The Morgan fingerprint density at radius 3 is 2.65 bits per heavy atom. The van der Waals surface area contributed by atoms with E-state index < -0.39 is 5.78 Å². The average Bonchev–Trinajstić information content (AvgIpc) is 2.78. The fourth-order valence-electron chi connectivity index (χ4n) is 2.47. The summed E-state index contributed by atoms with van der Waals surface area (Å²) in [6.45, 7) is 8.85. The number of anilines is 1.